The standard InChI is InChI=1S/C13H20N2O3.ClH/c1-8(2)12(14)13(16)15-9-5-6-10(17-3)11(7-9)18-4;/h5-8,12H,14H2,1-4H3,(H,15,16);1H/t12-;/m1./s1. The minimum absolute atomic E-state index is 0. The molecule has 1 rings (SSSR count). The van der Waals surface area contributed by atoms with Crippen molar-refractivity contribution in [1.29, 1.82) is 0 Å². The molecule has 3 N–H and O–H groups in total. The molecule has 0 bridgehead atoms. The molecule has 0 fully saturated rings. The highest BCUT2D eigenvalue weighted by atomic mass is 35.5. The number of methoxy groups -OCH3 is 2. The number of anilines is 1. The van der Waals surface area contributed by atoms with Crippen LogP contribution in [0.4, 0.5) is 5.69 Å². The number of benzene rings is 1. The van der Waals surface area contributed by atoms with E-state index < -0.39 is 6.04 Å². The lowest BCUT2D eigenvalue weighted by atomic mass is 10.0. The topological polar surface area (TPSA) is 73.6 Å². The van der Waals surface area contributed by atoms with Gasteiger partial charge in [0.15, 0.2) is 11.5 Å². The highest BCUT2D eigenvalue weighted by Gasteiger charge is 2.17. The largest absolute Gasteiger partial charge is 0.493 e. The van der Waals surface area contributed by atoms with E-state index in [9.17, 15) is 4.79 Å². The number of halogens is 1. The lowest BCUT2D eigenvalue weighted by molar-refractivity contribution is -0.118. The number of nitrogens with one attached hydrogen (secondary N) is 1. The summed E-state index contributed by atoms with van der Waals surface area (Å²) in [7, 11) is 3.11. The van der Waals surface area contributed by atoms with Crippen LogP contribution in [0.3, 0.4) is 0 Å². The fourth-order valence-corrected chi connectivity index (χ4v) is 1.44. The van der Waals surface area contributed by atoms with Crippen LogP contribution in [-0.4, -0.2) is 26.2 Å². The molecule has 6 heteroatoms. The van der Waals surface area contributed by atoms with Crippen LogP contribution in [0.5, 0.6) is 11.5 Å². The number of nitrogens with two attached hydrogens (primary N) is 1. The molecule has 0 heterocycles. The summed E-state index contributed by atoms with van der Waals surface area (Å²) in [5.41, 5.74) is 6.40. The highest BCUT2D eigenvalue weighted by molar-refractivity contribution is 5.95. The molecule has 1 atom stereocenters. The van der Waals surface area contributed by atoms with Crippen LogP contribution in [0.1, 0.15) is 13.8 Å². The van der Waals surface area contributed by atoms with Gasteiger partial charge in [-0.15, -0.1) is 12.4 Å². The number of carbonyl (C=O) groups excluding carboxylic acids is 1. The number of ether oxygens (including phenoxy) is 2. The lowest BCUT2D eigenvalue weighted by Gasteiger charge is -2.16. The molecular weight excluding hydrogens is 268 g/mol. The summed E-state index contributed by atoms with van der Waals surface area (Å²) in [6.45, 7) is 3.80. The average molecular weight is 289 g/mol. The zero-order valence-electron chi connectivity index (χ0n) is 11.6. The van der Waals surface area contributed by atoms with E-state index in [0.717, 1.165) is 0 Å². The molecule has 108 valence electrons. The SMILES string of the molecule is COc1ccc(NC(=O)[C@H](N)C(C)C)cc1OC.Cl. The van der Waals surface area contributed by atoms with Crippen LogP contribution in [0.25, 0.3) is 0 Å². The molecule has 5 nitrogen and oxygen atoms in total. The normalized spacial score (nSPS) is 11.5. The average Bonchev–Trinajstić information content (AvgIpc) is 2.37. The van der Waals surface area contributed by atoms with E-state index in [-0.39, 0.29) is 24.2 Å². The summed E-state index contributed by atoms with van der Waals surface area (Å²) in [6.07, 6.45) is 0. The Hall–Kier alpha value is -1.46. The minimum Gasteiger partial charge on any atom is -0.493 e. The molecule has 0 saturated carbocycles. The Morgan fingerprint density at radius 2 is 1.79 bits per heavy atom. The Balaban J connectivity index is 0.00000324. The number of rotatable bonds is 5. The molecule has 0 unspecified atom stereocenters. The van der Waals surface area contributed by atoms with Gasteiger partial charge in [0, 0.05) is 11.8 Å². The summed E-state index contributed by atoms with van der Waals surface area (Å²) in [5.74, 6) is 1.06. The summed E-state index contributed by atoms with van der Waals surface area (Å²) < 4.78 is 10.3. The fourth-order valence-electron chi connectivity index (χ4n) is 1.44. The van der Waals surface area contributed by atoms with E-state index in [2.05, 4.69) is 5.32 Å². The number of amides is 1. The molecule has 0 spiro atoms. The molecule has 0 aliphatic rings. The number of hydrogen-bond donors (Lipinski definition) is 2. The van der Waals surface area contributed by atoms with Gasteiger partial charge < -0.3 is 20.5 Å². The van der Waals surface area contributed by atoms with E-state index in [1.54, 1.807) is 32.4 Å². The van der Waals surface area contributed by atoms with Crippen LogP contribution < -0.4 is 20.5 Å². The summed E-state index contributed by atoms with van der Waals surface area (Å²) in [5, 5.41) is 2.75. The Bertz CT molecular complexity index is 424. The van der Waals surface area contributed by atoms with Crippen molar-refractivity contribution in [2.45, 2.75) is 19.9 Å². The van der Waals surface area contributed by atoms with Crippen LogP contribution in [-0.2, 0) is 4.79 Å². The van der Waals surface area contributed by atoms with E-state index in [1.165, 1.54) is 0 Å². The predicted molar refractivity (Wildman–Crippen MR) is 78.2 cm³/mol. The number of carbonyl (C=O) groups is 1. The third-order valence-corrected chi connectivity index (χ3v) is 2.67. The first-order valence-electron chi connectivity index (χ1n) is 5.78. The first-order valence-corrected chi connectivity index (χ1v) is 5.78. The molecule has 1 aromatic rings. The minimum atomic E-state index is -0.530. The third-order valence-electron chi connectivity index (χ3n) is 2.67. The summed E-state index contributed by atoms with van der Waals surface area (Å²) in [4.78, 5) is 11.8. The summed E-state index contributed by atoms with van der Waals surface area (Å²) in [6, 6.07) is 4.64. The van der Waals surface area contributed by atoms with Crippen molar-refractivity contribution >= 4 is 24.0 Å². The Labute approximate surface area is 119 Å². The van der Waals surface area contributed by atoms with Crippen molar-refractivity contribution in [3.8, 4) is 11.5 Å². The maximum absolute atomic E-state index is 11.8. The predicted octanol–water partition coefficient (Wildman–Crippen LogP) is 2.05. The van der Waals surface area contributed by atoms with Crippen molar-refractivity contribution in [2.24, 2.45) is 11.7 Å². The second kappa shape index (κ2) is 7.86. The smallest absolute Gasteiger partial charge is 0.241 e. The van der Waals surface area contributed by atoms with Gasteiger partial charge in [0.1, 0.15) is 0 Å². The van der Waals surface area contributed by atoms with Gasteiger partial charge in [0.05, 0.1) is 20.3 Å². The Morgan fingerprint density at radius 3 is 2.26 bits per heavy atom. The van der Waals surface area contributed by atoms with E-state index in [0.29, 0.717) is 17.2 Å². The molecule has 0 aromatic heterocycles. The highest BCUT2D eigenvalue weighted by Crippen LogP contribution is 2.29. The zero-order chi connectivity index (χ0) is 13.7. The lowest BCUT2D eigenvalue weighted by Crippen LogP contribution is -2.39. The molecule has 0 aliphatic carbocycles. The van der Waals surface area contributed by atoms with Crippen molar-refractivity contribution in [1.82, 2.24) is 0 Å². The first-order chi connectivity index (χ1) is 8.49. The third kappa shape index (κ3) is 4.61. The van der Waals surface area contributed by atoms with Crippen LogP contribution in [0.2, 0.25) is 0 Å². The Morgan fingerprint density at radius 1 is 1.21 bits per heavy atom. The summed E-state index contributed by atoms with van der Waals surface area (Å²) >= 11 is 0. The van der Waals surface area contributed by atoms with Gasteiger partial charge in [0.25, 0.3) is 0 Å². The molecule has 0 radical (unpaired) electrons. The van der Waals surface area contributed by atoms with Gasteiger partial charge in [-0.25, -0.2) is 0 Å². The van der Waals surface area contributed by atoms with E-state index in [4.69, 9.17) is 15.2 Å². The molecule has 0 aliphatic heterocycles. The maximum atomic E-state index is 11.8. The molecule has 1 aromatic carbocycles. The molecular formula is C13H21ClN2O3. The molecule has 1 amide bonds. The van der Waals surface area contributed by atoms with Gasteiger partial charge in [-0.1, -0.05) is 13.8 Å². The van der Waals surface area contributed by atoms with E-state index >= 15 is 0 Å². The van der Waals surface area contributed by atoms with Crippen LogP contribution in [0.15, 0.2) is 18.2 Å². The fraction of sp³-hybridized carbons (Fsp3) is 0.462. The van der Waals surface area contributed by atoms with Crippen molar-refractivity contribution < 1.29 is 14.3 Å². The first kappa shape index (κ1) is 17.5. The van der Waals surface area contributed by atoms with Crippen LogP contribution >= 0.6 is 12.4 Å². The Kier molecular flexibility index (Phi) is 7.26. The van der Waals surface area contributed by atoms with Crippen molar-refractivity contribution in [3.05, 3.63) is 18.2 Å². The van der Waals surface area contributed by atoms with Gasteiger partial charge in [-0.2, -0.15) is 0 Å². The molecule has 19 heavy (non-hydrogen) atoms. The van der Waals surface area contributed by atoms with Crippen molar-refractivity contribution in [3.63, 3.8) is 0 Å². The number of hydrogen-bond acceptors (Lipinski definition) is 4. The monoisotopic (exact) mass is 288 g/mol. The zero-order valence-corrected chi connectivity index (χ0v) is 12.4. The molecule has 0 saturated heterocycles. The van der Waals surface area contributed by atoms with Crippen LogP contribution in [0, 0.1) is 5.92 Å². The van der Waals surface area contributed by atoms with Gasteiger partial charge >= 0.3 is 0 Å². The second-order valence-electron chi connectivity index (χ2n) is 4.33. The van der Waals surface area contributed by atoms with Crippen molar-refractivity contribution in [2.75, 3.05) is 19.5 Å². The van der Waals surface area contributed by atoms with Gasteiger partial charge in [-0.3, -0.25) is 4.79 Å². The quantitative estimate of drug-likeness (QED) is 0.870. The van der Waals surface area contributed by atoms with Gasteiger partial charge in [0.2, 0.25) is 5.91 Å². The van der Waals surface area contributed by atoms with E-state index in [1.807, 2.05) is 13.8 Å². The maximum Gasteiger partial charge on any atom is 0.241 e. The van der Waals surface area contributed by atoms with Gasteiger partial charge in [-0.05, 0) is 18.1 Å². The second-order valence-corrected chi connectivity index (χ2v) is 4.33.